The van der Waals surface area contributed by atoms with Crippen LogP contribution in [0.1, 0.15) is 18.7 Å². The predicted octanol–water partition coefficient (Wildman–Crippen LogP) is 2.25. The smallest absolute Gasteiger partial charge is 0.319 e. The molecule has 166 valence electrons. The topological polar surface area (TPSA) is 116 Å². The second-order valence-corrected chi connectivity index (χ2v) is 7.61. The van der Waals surface area contributed by atoms with Gasteiger partial charge in [0.15, 0.2) is 0 Å². The third-order valence-corrected chi connectivity index (χ3v) is 5.24. The summed E-state index contributed by atoms with van der Waals surface area (Å²) in [7, 11) is 0. The highest BCUT2D eigenvalue weighted by molar-refractivity contribution is 5.92. The van der Waals surface area contributed by atoms with Gasteiger partial charge in [0.2, 0.25) is 5.91 Å². The first kappa shape index (κ1) is 21.5. The lowest BCUT2D eigenvalue weighted by Crippen LogP contribution is -2.44. The van der Waals surface area contributed by atoms with E-state index in [0.717, 1.165) is 12.8 Å². The first-order chi connectivity index (χ1) is 15.6. The van der Waals surface area contributed by atoms with Crippen LogP contribution in [0.4, 0.5) is 10.5 Å². The molecule has 3 N–H and O–H groups in total. The fourth-order valence-corrected chi connectivity index (χ4v) is 3.64. The van der Waals surface area contributed by atoms with Crippen LogP contribution in [0.3, 0.4) is 0 Å². The summed E-state index contributed by atoms with van der Waals surface area (Å²) in [6.45, 7) is 0.941. The first-order valence-electron chi connectivity index (χ1n) is 10.6. The van der Waals surface area contributed by atoms with Crippen LogP contribution in [0.5, 0.6) is 0 Å². The molecule has 32 heavy (non-hydrogen) atoms. The highest BCUT2D eigenvalue weighted by Gasteiger charge is 2.24. The number of anilines is 1. The Morgan fingerprint density at radius 1 is 1.12 bits per heavy atom. The zero-order chi connectivity index (χ0) is 22.3. The summed E-state index contributed by atoms with van der Waals surface area (Å²) in [4.78, 5) is 46.3. The summed E-state index contributed by atoms with van der Waals surface area (Å²) in [6.07, 6.45) is 1.72. The quantitative estimate of drug-likeness (QED) is 0.526. The molecule has 1 aromatic heterocycles. The lowest BCUT2D eigenvalue weighted by atomic mass is 10.2. The maximum atomic E-state index is 12.9. The SMILES string of the molecule is O=C(NCC(=O)N(Cc1nc2ccccc2c(=O)[nH]1)C[C@H]1CCCO1)Nc1ccccc1. The molecule has 1 saturated heterocycles. The van der Waals surface area contributed by atoms with Crippen LogP contribution in [0, 0.1) is 0 Å². The minimum atomic E-state index is -0.473. The molecule has 0 bridgehead atoms. The van der Waals surface area contributed by atoms with Crippen molar-refractivity contribution in [2.45, 2.75) is 25.5 Å². The fraction of sp³-hybridized carbons (Fsp3) is 0.304. The van der Waals surface area contributed by atoms with Gasteiger partial charge >= 0.3 is 6.03 Å². The zero-order valence-electron chi connectivity index (χ0n) is 17.5. The van der Waals surface area contributed by atoms with Gasteiger partial charge in [-0.3, -0.25) is 9.59 Å². The van der Waals surface area contributed by atoms with Crippen molar-refractivity contribution in [3.05, 3.63) is 70.8 Å². The largest absolute Gasteiger partial charge is 0.376 e. The van der Waals surface area contributed by atoms with E-state index in [1.165, 1.54) is 0 Å². The van der Waals surface area contributed by atoms with Gasteiger partial charge < -0.3 is 25.3 Å². The van der Waals surface area contributed by atoms with Crippen LogP contribution < -0.4 is 16.2 Å². The number of nitrogens with zero attached hydrogens (tertiary/aromatic N) is 2. The summed E-state index contributed by atoms with van der Waals surface area (Å²) in [5, 5.41) is 5.76. The summed E-state index contributed by atoms with van der Waals surface area (Å²) >= 11 is 0. The summed E-state index contributed by atoms with van der Waals surface area (Å²) < 4.78 is 5.68. The number of H-pyrrole nitrogens is 1. The van der Waals surface area contributed by atoms with Crippen molar-refractivity contribution in [2.24, 2.45) is 0 Å². The molecule has 2 aromatic carbocycles. The summed E-state index contributed by atoms with van der Waals surface area (Å²) in [5.41, 5.74) is 0.943. The second-order valence-electron chi connectivity index (χ2n) is 7.61. The van der Waals surface area contributed by atoms with E-state index in [1.807, 2.05) is 12.1 Å². The van der Waals surface area contributed by atoms with Gasteiger partial charge in [0.25, 0.3) is 5.56 Å². The third kappa shape index (κ3) is 5.50. The third-order valence-electron chi connectivity index (χ3n) is 5.24. The van der Waals surface area contributed by atoms with E-state index in [2.05, 4.69) is 20.6 Å². The fourth-order valence-electron chi connectivity index (χ4n) is 3.64. The normalized spacial score (nSPS) is 15.4. The number of ether oxygens (including phenoxy) is 1. The van der Waals surface area contributed by atoms with Crippen molar-refractivity contribution in [1.29, 1.82) is 0 Å². The molecular weight excluding hydrogens is 410 g/mol. The van der Waals surface area contributed by atoms with Crippen molar-refractivity contribution in [2.75, 3.05) is 25.0 Å². The lowest BCUT2D eigenvalue weighted by Gasteiger charge is -2.25. The number of amides is 3. The molecule has 1 aliphatic heterocycles. The number of hydrogen-bond acceptors (Lipinski definition) is 5. The van der Waals surface area contributed by atoms with Crippen LogP contribution in [0.2, 0.25) is 0 Å². The number of carbonyl (C=O) groups excluding carboxylic acids is 2. The van der Waals surface area contributed by atoms with E-state index in [9.17, 15) is 14.4 Å². The average molecular weight is 435 g/mol. The summed E-state index contributed by atoms with van der Waals surface area (Å²) in [5.74, 6) is 0.0910. The second kappa shape index (κ2) is 10.1. The Labute approximate surface area is 184 Å². The molecule has 1 aliphatic rings. The Hall–Kier alpha value is -3.72. The number of para-hydroxylation sites is 2. The monoisotopic (exact) mass is 435 g/mol. The van der Waals surface area contributed by atoms with Gasteiger partial charge in [-0.25, -0.2) is 9.78 Å². The molecule has 9 nitrogen and oxygen atoms in total. The molecule has 0 saturated carbocycles. The average Bonchev–Trinajstić information content (AvgIpc) is 3.31. The number of rotatable bonds is 7. The van der Waals surface area contributed by atoms with Crippen molar-refractivity contribution in [3.8, 4) is 0 Å². The first-order valence-corrected chi connectivity index (χ1v) is 10.6. The standard InChI is InChI=1S/C23H25N5O4/c29-21(13-24-23(31)25-16-7-2-1-3-8-16)28(14-17-9-6-12-32-17)15-20-26-19-11-5-4-10-18(19)22(30)27-20/h1-5,7-8,10-11,17H,6,9,12-15H2,(H2,24,25,31)(H,26,27,30)/t17-/m1/s1. The lowest BCUT2D eigenvalue weighted by molar-refractivity contribution is -0.132. The van der Waals surface area contributed by atoms with E-state index in [-0.39, 0.29) is 30.7 Å². The number of aromatic amines is 1. The molecule has 0 radical (unpaired) electrons. The van der Waals surface area contributed by atoms with Gasteiger partial charge in [0.1, 0.15) is 5.82 Å². The minimum absolute atomic E-state index is 0.0794. The molecule has 3 aromatic rings. The number of aromatic nitrogens is 2. The predicted molar refractivity (Wildman–Crippen MR) is 120 cm³/mol. The number of fused-ring (bicyclic) bond motifs is 1. The van der Waals surface area contributed by atoms with Gasteiger partial charge in [-0.05, 0) is 37.1 Å². The van der Waals surface area contributed by atoms with E-state index in [0.29, 0.717) is 35.6 Å². The Bertz CT molecular complexity index is 1140. The van der Waals surface area contributed by atoms with Gasteiger partial charge in [-0.1, -0.05) is 30.3 Å². The van der Waals surface area contributed by atoms with Crippen LogP contribution >= 0.6 is 0 Å². The van der Waals surface area contributed by atoms with Crippen LogP contribution in [-0.4, -0.2) is 52.6 Å². The zero-order valence-corrected chi connectivity index (χ0v) is 17.5. The number of nitrogens with one attached hydrogen (secondary N) is 3. The number of urea groups is 1. The molecule has 4 rings (SSSR count). The van der Waals surface area contributed by atoms with Crippen molar-refractivity contribution >= 4 is 28.5 Å². The molecule has 0 aliphatic carbocycles. The van der Waals surface area contributed by atoms with Crippen molar-refractivity contribution in [3.63, 3.8) is 0 Å². The number of benzene rings is 2. The van der Waals surface area contributed by atoms with Crippen molar-refractivity contribution in [1.82, 2.24) is 20.2 Å². The molecule has 9 heteroatoms. The molecule has 0 spiro atoms. The Morgan fingerprint density at radius 3 is 2.69 bits per heavy atom. The van der Waals surface area contributed by atoms with Crippen LogP contribution in [-0.2, 0) is 16.1 Å². The Kier molecular flexibility index (Phi) is 6.76. The highest BCUT2D eigenvalue weighted by Crippen LogP contribution is 2.15. The molecule has 3 amide bonds. The van der Waals surface area contributed by atoms with Gasteiger partial charge in [0, 0.05) is 18.8 Å². The minimum Gasteiger partial charge on any atom is -0.376 e. The molecular formula is C23H25N5O4. The highest BCUT2D eigenvalue weighted by atomic mass is 16.5. The van der Waals surface area contributed by atoms with Crippen molar-refractivity contribution < 1.29 is 14.3 Å². The molecule has 0 unspecified atom stereocenters. The van der Waals surface area contributed by atoms with Gasteiger partial charge in [0.05, 0.1) is 30.1 Å². The van der Waals surface area contributed by atoms with E-state index >= 15 is 0 Å². The van der Waals surface area contributed by atoms with Crippen LogP contribution in [0.25, 0.3) is 10.9 Å². The Morgan fingerprint density at radius 2 is 1.91 bits per heavy atom. The molecule has 2 heterocycles. The van der Waals surface area contributed by atoms with Crippen LogP contribution in [0.15, 0.2) is 59.4 Å². The van der Waals surface area contributed by atoms with Gasteiger partial charge in [-0.2, -0.15) is 0 Å². The number of carbonyl (C=O) groups is 2. The van der Waals surface area contributed by atoms with E-state index in [1.54, 1.807) is 47.4 Å². The Balaban J connectivity index is 1.44. The number of hydrogen-bond donors (Lipinski definition) is 3. The summed E-state index contributed by atoms with van der Waals surface area (Å²) in [6, 6.07) is 15.6. The molecule has 1 atom stereocenters. The van der Waals surface area contributed by atoms with E-state index in [4.69, 9.17) is 4.74 Å². The van der Waals surface area contributed by atoms with Gasteiger partial charge in [-0.15, -0.1) is 0 Å². The molecule has 1 fully saturated rings. The van der Waals surface area contributed by atoms with E-state index < -0.39 is 6.03 Å². The maximum absolute atomic E-state index is 12.9. The maximum Gasteiger partial charge on any atom is 0.319 e.